The first-order chi connectivity index (χ1) is 10.6. The molecule has 118 valence electrons. The van der Waals surface area contributed by atoms with Crippen LogP contribution in [0, 0.1) is 0 Å². The Balaban J connectivity index is 2.32. The highest BCUT2D eigenvalue weighted by atomic mass is 32.2. The summed E-state index contributed by atoms with van der Waals surface area (Å²) in [5.41, 5.74) is 0.827. The van der Waals surface area contributed by atoms with Crippen molar-refractivity contribution in [2.24, 2.45) is 0 Å². The van der Waals surface area contributed by atoms with E-state index in [-0.39, 0.29) is 19.2 Å². The van der Waals surface area contributed by atoms with Gasteiger partial charge in [0.25, 0.3) is 0 Å². The molecular formula is C17H20O4S. The van der Waals surface area contributed by atoms with Crippen molar-refractivity contribution in [2.45, 2.75) is 18.7 Å². The summed E-state index contributed by atoms with van der Waals surface area (Å²) in [5, 5.41) is 1.65. The Morgan fingerprint density at radius 1 is 1.18 bits per heavy atom. The number of hydrogen-bond acceptors (Lipinski definition) is 4. The highest BCUT2D eigenvalue weighted by molar-refractivity contribution is 7.88. The van der Waals surface area contributed by atoms with Crippen molar-refractivity contribution in [3.63, 3.8) is 0 Å². The molecular weight excluding hydrogens is 300 g/mol. The van der Waals surface area contributed by atoms with E-state index in [9.17, 15) is 9.00 Å². The fourth-order valence-electron chi connectivity index (χ4n) is 1.43. The quantitative estimate of drug-likeness (QED) is 0.242. The van der Waals surface area contributed by atoms with Crippen molar-refractivity contribution < 1.29 is 18.5 Å². The van der Waals surface area contributed by atoms with Crippen molar-refractivity contribution in [3.8, 4) is 0 Å². The van der Waals surface area contributed by atoms with E-state index in [0.717, 1.165) is 10.5 Å². The molecule has 0 aliphatic carbocycles. The Kier molecular flexibility index (Phi) is 8.60. The average Bonchev–Trinajstić information content (AvgIpc) is 2.51. The second kappa shape index (κ2) is 10.6. The first-order valence-corrected chi connectivity index (χ1v) is 8.06. The SMILES string of the molecule is C/C=C/C(=O)OCCO/C=C/C(C)=C/S(=O)c1ccccc1. The third-order valence-corrected chi connectivity index (χ3v) is 3.77. The molecule has 0 heterocycles. The maximum Gasteiger partial charge on any atom is 0.330 e. The molecule has 1 rings (SSSR count). The fraction of sp³-hybridized carbons (Fsp3) is 0.235. The number of hydrogen-bond donors (Lipinski definition) is 0. The molecule has 4 nitrogen and oxygen atoms in total. The second-order valence-electron chi connectivity index (χ2n) is 4.31. The molecule has 0 amide bonds. The number of benzene rings is 1. The molecule has 0 aliphatic heterocycles. The molecule has 0 aromatic heterocycles. The molecule has 5 heteroatoms. The summed E-state index contributed by atoms with van der Waals surface area (Å²) < 4.78 is 22.1. The van der Waals surface area contributed by atoms with Gasteiger partial charge in [0.05, 0.1) is 17.1 Å². The zero-order valence-electron chi connectivity index (χ0n) is 12.7. The summed E-state index contributed by atoms with van der Waals surface area (Å²) >= 11 is 0. The Hall–Kier alpha value is -2.14. The van der Waals surface area contributed by atoms with E-state index in [2.05, 4.69) is 0 Å². The lowest BCUT2D eigenvalue weighted by molar-refractivity contribution is -0.138. The molecule has 1 unspecified atom stereocenters. The summed E-state index contributed by atoms with van der Waals surface area (Å²) in [7, 11) is -1.18. The van der Waals surface area contributed by atoms with Gasteiger partial charge in [0.2, 0.25) is 0 Å². The van der Waals surface area contributed by atoms with Crippen LogP contribution in [0.1, 0.15) is 13.8 Å². The van der Waals surface area contributed by atoms with Gasteiger partial charge < -0.3 is 9.47 Å². The standard InChI is InChI=1S/C17H20O4S/c1-3-7-17(18)21-13-12-20-11-10-15(2)14-22(19)16-8-5-4-6-9-16/h3-11,14H,12-13H2,1-2H3/b7-3+,11-10+,15-14+. The van der Waals surface area contributed by atoms with Gasteiger partial charge in [-0.05, 0) is 37.6 Å². The maximum atomic E-state index is 12.0. The highest BCUT2D eigenvalue weighted by Gasteiger charge is 1.98. The molecule has 0 saturated carbocycles. The first kappa shape index (κ1) is 17.9. The van der Waals surface area contributed by atoms with Gasteiger partial charge in [0.1, 0.15) is 13.2 Å². The van der Waals surface area contributed by atoms with E-state index in [1.165, 1.54) is 12.3 Å². The molecule has 1 atom stereocenters. The van der Waals surface area contributed by atoms with E-state index in [1.807, 2.05) is 37.3 Å². The zero-order chi connectivity index (χ0) is 16.2. The number of esters is 1. The Morgan fingerprint density at radius 2 is 1.91 bits per heavy atom. The summed E-state index contributed by atoms with van der Waals surface area (Å²) in [4.78, 5) is 11.8. The maximum absolute atomic E-state index is 12.0. The Morgan fingerprint density at radius 3 is 2.59 bits per heavy atom. The largest absolute Gasteiger partial charge is 0.498 e. The van der Waals surface area contributed by atoms with Crippen LogP contribution in [0.25, 0.3) is 0 Å². The van der Waals surface area contributed by atoms with Gasteiger partial charge >= 0.3 is 5.97 Å². The number of allylic oxidation sites excluding steroid dienone is 3. The van der Waals surface area contributed by atoms with Crippen LogP contribution in [-0.4, -0.2) is 23.4 Å². The molecule has 0 aliphatic rings. The van der Waals surface area contributed by atoms with Crippen molar-refractivity contribution in [1.29, 1.82) is 0 Å². The average molecular weight is 320 g/mol. The normalized spacial score (nSPS) is 13.5. The van der Waals surface area contributed by atoms with Crippen molar-refractivity contribution in [3.05, 3.63) is 65.8 Å². The minimum absolute atomic E-state index is 0.187. The van der Waals surface area contributed by atoms with Gasteiger partial charge in [-0.15, -0.1) is 0 Å². The molecule has 0 N–H and O–H groups in total. The van der Waals surface area contributed by atoms with Gasteiger partial charge in [0, 0.05) is 16.4 Å². The smallest absolute Gasteiger partial charge is 0.330 e. The molecule has 0 bridgehead atoms. The van der Waals surface area contributed by atoms with Crippen LogP contribution in [0.5, 0.6) is 0 Å². The third-order valence-electron chi connectivity index (χ3n) is 2.44. The zero-order valence-corrected chi connectivity index (χ0v) is 13.5. The lowest BCUT2D eigenvalue weighted by Gasteiger charge is -2.01. The van der Waals surface area contributed by atoms with Crippen LogP contribution in [-0.2, 0) is 25.1 Å². The fourth-order valence-corrected chi connectivity index (χ4v) is 2.41. The Labute approximate surface area is 133 Å². The first-order valence-electron chi connectivity index (χ1n) is 6.85. The minimum atomic E-state index is -1.18. The van der Waals surface area contributed by atoms with Crippen molar-refractivity contribution in [1.82, 2.24) is 0 Å². The van der Waals surface area contributed by atoms with Crippen LogP contribution in [0.3, 0.4) is 0 Å². The van der Waals surface area contributed by atoms with Crippen molar-refractivity contribution >= 4 is 16.8 Å². The number of rotatable bonds is 8. The van der Waals surface area contributed by atoms with Crippen LogP contribution in [0.4, 0.5) is 0 Å². The molecule has 0 saturated heterocycles. The Bertz CT molecular complexity index is 574. The van der Waals surface area contributed by atoms with Crippen LogP contribution in [0.2, 0.25) is 0 Å². The van der Waals surface area contributed by atoms with E-state index >= 15 is 0 Å². The monoisotopic (exact) mass is 320 g/mol. The van der Waals surface area contributed by atoms with Gasteiger partial charge in [-0.2, -0.15) is 0 Å². The van der Waals surface area contributed by atoms with E-state index in [1.54, 1.807) is 24.5 Å². The van der Waals surface area contributed by atoms with Gasteiger partial charge in [-0.3, -0.25) is 0 Å². The van der Waals surface area contributed by atoms with Crippen LogP contribution < -0.4 is 0 Å². The summed E-state index contributed by atoms with van der Waals surface area (Å²) in [6, 6.07) is 9.22. The van der Waals surface area contributed by atoms with Gasteiger partial charge in [-0.25, -0.2) is 9.00 Å². The number of carbonyl (C=O) groups is 1. The molecule has 1 aromatic rings. The molecule has 22 heavy (non-hydrogen) atoms. The van der Waals surface area contributed by atoms with E-state index in [0.29, 0.717) is 0 Å². The lowest BCUT2D eigenvalue weighted by Crippen LogP contribution is -2.06. The number of ether oxygens (including phenoxy) is 2. The van der Waals surface area contributed by atoms with Crippen LogP contribution >= 0.6 is 0 Å². The second-order valence-corrected chi connectivity index (χ2v) is 5.62. The minimum Gasteiger partial charge on any atom is -0.498 e. The predicted molar refractivity (Wildman–Crippen MR) is 87.5 cm³/mol. The third kappa shape index (κ3) is 7.59. The summed E-state index contributed by atoms with van der Waals surface area (Å²) in [5.74, 6) is -0.385. The van der Waals surface area contributed by atoms with Crippen molar-refractivity contribution in [2.75, 3.05) is 13.2 Å². The summed E-state index contributed by atoms with van der Waals surface area (Å²) in [6.07, 6.45) is 6.18. The molecule has 0 radical (unpaired) electrons. The van der Waals surface area contributed by atoms with Gasteiger partial charge in [0.15, 0.2) is 0 Å². The predicted octanol–water partition coefficient (Wildman–Crippen LogP) is 3.35. The van der Waals surface area contributed by atoms with Gasteiger partial charge in [-0.1, -0.05) is 24.3 Å². The van der Waals surface area contributed by atoms with Crippen LogP contribution in [0.15, 0.2) is 70.7 Å². The molecule has 1 aromatic carbocycles. The lowest BCUT2D eigenvalue weighted by atomic mass is 10.3. The van der Waals surface area contributed by atoms with E-state index < -0.39 is 10.8 Å². The molecule has 0 spiro atoms. The topological polar surface area (TPSA) is 52.6 Å². The summed E-state index contributed by atoms with van der Waals surface area (Å²) in [6.45, 7) is 4.04. The highest BCUT2D eigenvalue weighted by Crippen LogP contribution is 2.09. The number of carbonyl (C=O) groups excluding carboxylic acids is 1. The van der Waals surface area contributed by atoms with E-state index in [4.69, 9.17) is 9.47 Å². The molecule has 0 fully saturated rings.